The van der Waals surface area contributed by atoms with Crippen molar-refractivity contribution in [2.45, 2.75) is 6.61 Å². The Kier molecular flexibility index (Phi) is 6.98. The van der Waals surface area contributed by atoms with Crippen molar-refractivity contribution in [3.05, 3.63) is 81.9 Å². The second-order valence-corrected chi connectivity index (χ2v) is 7.80. The number of nitrogens with zero attached hydrogens (tertiary/aromatic N) is 1. The highest BCUT2D eigenvalue weighted by Crippen LogP contribution is 2.27. The molecule has 0 atom stereocenters. The van der Waals surface area contributed by atoms with Gasteiger partial charge in [0.05, 0.1) is 5.56 Å². The number of benzene rings is 2. The van der Waals surface area contributed by atoms with Crippen LogP contribution in [0.2, 0.25) is 0 Å². The lowest BCUT2D eigenvalue weighted by molar-refractivity contribution is -0.128. The van der Waals surface area contributed by atoms with Crippen LogP contribution in [0.4, 0.5) is 0 Å². The summed E-state index contributed by atoms with van der Waals surface area (Å²) in [5.41, 5.74) is 1.38. The van der Waals surface area contributed by atoms with Crippen LogP contribution in [0.3, 0.4) is 0 Å². The van der Waals surface area contributed by atoms with Crippen molar-refractivity contribution < 1.29 is 24.2 Å². The number of rotatable bonds is 7. The Morgan fingerprint density at radius 2 is 1.94 bits per heavy atom. The third-order valence-electron chi connectivity index (χ3n) is 4.36. The number of hydrogen-bond donors (Lipinski definition) is 2. The van der Waals surface area contributed by atoms with Crippen LogP contribution in [0.25, 0.3) is 6.08 Å². The molecule has 1 fully saturated rings. The van der Waals surface area contributed by atoms with Crippen molar-refractivity contribution in [2.24, 2.45) is 0 Å². The minimum Gasteiger partial charge on any atom is -0.488 e. The van der Waals surface area contributed by atoms with Gasteiger partial charge in [-0.15, -0.1) is 6.58 Å². The fourth-order valence-corrected chi connectivity index (χ4v) is 3.44. The molecule has 0 aromatic heterocycles. The Morgan fingerprint density at radius 3 is 2.58 bits per heavy atom. The summed E-state index contributed by atoms with van der Waals surface area (Å²) in [5.74, 6) is -1.67. The van der Waals surface area contributed by atoms with Crippen LogP contribution in [0, 0.1) is 0 Å². The molecule has 1 saturated heterocycles. The molecule has 2 N–H and O–H groups in total. The topological polar surface area (TPSA) is 95.9 Å². The first-order valence-electron chi connectivity index (χ1n) is 9.04. The minimum absolute atomic E-state index is 0.0302. The number of carbonyl (C=O) groups is 3. The lowest BCUT2D eigenvalue weighted by atomic mass is 10.1. The Hall–Kier alpha value is -3.30. The number of ether oxygens (including phenoxy) is 1. The Balaban J connectivity index is 1.87. The number of nitrogens with one attached hydrogen (secondary N) is 1. The van der Waals surface area contributed by atoms with Crippen LogP contribution in [0.1, 0.15) is 21.5 Å². The van der Waals surface area contributed by atoms with Gasteiger partial charge < -0.3 is 9.84 Å². The Bertz CT molecular complexity index is 1110. The second-order valence-electron chi connectivity index (χ2n) is 6.49. The summed E-state index contributed by atoms with van der Waals surface area (Å²) in [6.45, 7) is 3.94. The van der Waals surface area contributed by atoms with Gasteiger partial charge >= 0.3 is 5.97 Å². The molecule has 1 heterocycles. The van der Waals surface area contributed by atoms with Gasteiger partial charge in [0, 0.05) is 16.6 Å². The van der Waals surface area contributed by atoms with Crippen molar-refractivity contribution in [1.82, 2.24) is 10.2 Å². The molecule has 2 amide bonds. The molecule has 158 valence electrons. The van der Waals surface area contributed by atoms with E-state index in [0.717, 1.165) is 10.0 Å². The zero-order chi connectivity index (χ0) is 22.5. The molecule has 0 bridgehead atoms. The summed E-state index contributed by atoms with van der Waals surface area (Å²) in [6, 6.07) is 11.5. The number of hydrogen-bond acceptors (Lipinski definition) is 5. The number of carboxylic acid groups (broad SMARTS) is 1. The van der Waals surface area contributed by atoms with E-state index < -0.39 is 17.8 Å². The number of carboxylic acids is 1. The van der Waals surface area contributed by atoms with Gasteiger partial charge in [0.2, 0.25) is 0 Å². The van der Waals surface area contributed by atoms with Crippen LogP contribution < -0.4 is 10.1 Å². The third kappa shape index (κ3) is 5.25. The molecule has 1 aliphatic rings. The average Bonchev–Trinajstić information content (AvgIpc) is 2.73. The predicted molar refractivity (Wildman–Crippen MR) is 123 cm³/mol. The van der Waals surface area contributed by atoms with E-state index in [0.29, 0.717) is 11.3 Å². The molecule has 3 rings (SSSR count). The molecule has 0 radical (unpaired) electrons. The number of carbonyl (C=O) groups excluding carboxylic acids is 2. The summed E-state index contributed by atoms with van der Waals surface area (Å²) >= 11 is 8.45. The molecule has 0 spiro atoms. The van der Waals surface area contributed by atoms with Crippen molar-refractivity contribution in [2.75, 3.05) is 6.54 Å². The predicted octanol–water partition coefficient (Wildman–Crippen LogP) is 3.54. The first-order valence-corrected chi connectivity index (χ1v) is 10.2. The SMILES string of the molecule is C=CCN1C(=O)/C(=C/c2cc(Br)ccc2OCc2ccc(C(=O)O)cc2)C(=O)NC1=S. The molecule has 31 heavy (non-hydrogen) atoms. The molecule has 0 saturated carbocycles. The second kappa shape index (κ2) is 9.67. The minimum atomic E-state index is -1.00. The highest BCUT2D eigenvalue weighted by atomic mass is 79.9. The van der Waals surface area contributed by atoms with Gasteiger partial charge in [0.1, 0.15) is 17.9 Å². The van der Waals surface area contributed by atoms with Crippen molar-refractivity contribution in [3.8, 4) is 5.75 Å². The van der Waals surface area contributed by atoms with Gasteiger partial charge in [-0.25, -0.2) is 4.79 Å². The maximum absolute atomic E-state index is 12.8. The third-order valence-corrected chi connectivity index (χ3v) is 5.18. The molecular weight excluding hydrogens is 484 g/mol. The normalized spacial score (nSPS) is 15.1. The molecule has 7 nitrogen and oxygen atoms in total. The summed E-state index contributed by atoms with van der Waals surface area (Å²) < 4.78 is 6.61. The van der Waals surface area contributed by atoms with Crippen LogP contribution in [-0.4, -0.2) is 39.4 Å². The van der Waals surface area contributed by atoms with Gasteiger partial charge in [-0.2, -0.15) is 0 Å². The van der Waals surface area contributed by atoms with E-state index in [-0.39, 0.29) is 29.4 Å². The summed E-state index contributed by atoms with van der Waals surface area (Å²) in [6.07, 6.45) is 2.96. The van der Waals surface area contributed by atoms with Crippen LogP contribution in [0.15, 0.2) is 65.2 Å². The zero-order valence-corrected chi connectivity index (χ0v) is 18.5. The first kappa shape index (κ1) is 22.4. The lowest BCUT2D eigenvalue weighted by Gasteiger charge is -2.27. The standard InChI is InChI=1S/C22H17BrN2O5S/c1-2-9-25-20(27)17(19(26)24-22(25)31)11-15-10-16(23)7-8-18(15)30-12-13-3-5-14(6-4-13)21(28)29/h2-8,10-11H,1,9,12H2,(H,28,29)(H,24,26,31)/b17-11+. The van der Waals surface area contributed by atoms with Gasteiger partial charge in [0.15, 0.2) is 5.11 Å². The van der Waals surface area contributed by atoms with Crippen molar-refractivity contribution in [3.63, 3.8) is 0 Å². The molecule has 9 heteroatoms. The smallest absolute Gasteiger partial charge is 0.335 e. The quantitative estimate of drug-likeness (QED) is 0.261. The van der Waals surface area contributed by atoms with Gasteiger partial charge in [-0.05, 0) is 54.2 Å². The highest BCUT2D eigenvalue weighted by Gasteiger charge is 2.32. The Morgan fingerprint density at radius 1 is 1.23 bits per heavy atom. The van der Waals surface area contributed by atoms with Crippen molar-refractivity contribution >= 4 is 57.1 Å². The largest absolute Gasteiger partial charge is 0.488 e. The van der Waals surface area contributed by atoms with E-state index in [1.165, 1.54) is 29.2 Å². The summed E-state index contributed by atoms with van der Waals surface area (Å²) in [5, 5.41) is 11.5. The molecule has 1 aliphatic heterocycles. The van der Waals surface area contributed by atoms with Crippen LogP contribution >= 0.6 is 28.1 Å². The molecule has 2 aromatic rings. The van der Waals surface area contributed by atoms with Gasteiger partial charge in [0.25, 0.3) is 11.8 Å². The lowest BCUT2D eigenvalue weighted by Crippen LogP contribution is -2.53. The number of halogens is 1. The zero-order valence-electron chi connectivity index (χ0n) is 16.1. The molecule has 0 unspecified atom stereocenters. The van der Waals surface area contributed by atoms with E-state index in [1.54, 1.807) is 30.3 Å². The fourth-order valence-electron chi connectivity index (χ4n) is 2.81. The van der Waals surface area contributed by atoms with Crippen molar-refractivity contribution in [1.29, 1.82) is 0 Å². The summed E-state index contributed by atoms with van der Waals surface area (Å²) in [7, 11) is 0. The van der Waals surface area contributed by atoms with Gasteiger partial charge in [-0.3, -0.25) is 19.8 Å². The van der Waals surface area contributed by atoms with E-state index in [2.05, 4.69) is 27.8 Å². The maximum atomic E-state index is 12.8. The highest BCUT2D eigenvalue weighted by molar-refractivity contribution is 9.10. The molecule has 2 aromatic carbocycles. The molecule has 0 aliphatic carbocycles. The van der Waals surface area contributed by atoms with E-state index in [9.17, 15) is 14.4 Å². The maximum Gasteiger partial charge on any atom is 0.335 e. The van der Waals surface area contributed by atoms with Crippen LogP contribution in [0.5, 0.6) is 5.75 Å². The summed E-state index contributed by atoms with van der Waals surface area (Å²) in [4.78, 5) is 37.4. The van der Waals surface area contributed by atoms with E-state index in [4.69, 9.17) is 22.1 Å². The monoisotopic (exact) mass is 500 g/mol. The average molecular weight is 501 g/mol. The number of aromatic carboxylic acids is 1. The number of amides is 2. The first-order chi connectivity index (χ1) is 14.8. The number of thiocarbonyl (C=S) groups is 1. The van der Waals surface area contributed by atoms with Crippen LogP contribution in [-0.2, 0) is 16.2 Å². The van der Waals surface area contributed by atoms with E-state index >= 15 is 0 Å². The Labute approximate surface area is 192 Å². The van der Waals surface area contributed by atoms with E-state index in [1.807, 2.05) is 0 Å². The fraction of sp³-hybridized carbons (Fsp3) is 0.0909. The molecular formula is C22H17BrN2O5S. The van der Waals surface area contributed by atoms with Gasteiger partial charge in [-0.1, -0.05) is 34.1 Å².